The van der Waals surface area contributed by atoms with Crippen molar-refractivity contribution in [2.45, 2.75) is 19.4 Å². The van der Waals surface area contributed by atoms with Crippen LogP contribution in [0.15, 0.2) is 6.20 Å². The highest BCUT2D eigenvalue weighted by Crippen LogP contribution is 2.28. The van der Waals surface area contributed by atoms with Crippen LogP contribution >= 0.6 is 0 Å². The molecule has 1 aliphatic heterocycles. The van der Waals surface area contributed by atoms with Crippen molar-refractivity contribution in [3.05, 3.63) is 16.3 Å². The smallest absolute Gasteiger partial charge is 0.329 e. The quantitative estimate of drug-likeness (QED) is 0.567. The van der Waals surface area contributed by atoms with Gasteiger partial charge in [0.25, 0.3) is 0 Å². The van der Waals surface area contributed by atoms with E-state index in [-0.39, 0.29) is 23.4 Å². The van der Waals surface area contributed by atoms with Crippen molar-refractivity contribution >= 4 is 23.4 Å². The van der Waals surface area contributed by atoms with Crippen LogP contribution in [-0.4, -0.2) is 39.9 Å². The van der Waals surface area contributed by atoms with Crippen molar-refractivity contribution in [1.29, 1.82) is 0 Å². The Morgan fingerprint density at radius 3 is 3.05 bits per heavy atom. The second-order valence-electron chi connectivity index (χ2n) is 4.10. The largest absolute Gasteiger partial charge is 0.368 e. The molecule has 2 rings (SSSR count). The number of aromatic nitrogens is 2. The summed E-state index contributed by atoms with van der Waals surface area (Å²) in [5.74, 6) is -0.124. The Morgan fingerprint density at radius 2 is 2.42 bits per heavy atom. The summed E-state index contributed by atoms with van der Waals surface area (Å²) in [5.41, 5.74) is 5.24. The maximum atomic E-state index is 11.8. The molecular weight excluding hydrogens is 252 g/mol. The van der Waals surface area contributed by atoms with Crippen LogP contribution < -0.4 is 16.0 Å². The fraction of sp³-hybridized carbons (Fsp3) is 0.500. The Hall–Kier alpha value is -2.45. The summed E-state index contributed by atoms with van der Waals surface area (Å²) in [6.07, 6.45) is 1.59. The number of nitro groups is 1. The number of piperazine rings is 1. The summed E-state index contributed by atoms with van der Waals surface area (Å²) in [6, 6.07) is -0.484. The predicted molar refractivity (Wildman–Crippen MR) is 67.5 cm³/mol. The van der Waals surface area contributed by atoms with Crippen LogP contribution in [0, 0.1) is 10.1 Å². The first kappa shape index (κ1) is 13.0. The zero-order valence-corrected chi connectivity index (χ0v) is 10.4. The Kier molecular flexibility index (Phi) is 3.45. The molecule has 0 spiro atoms. The molecule has 1 aromatic heterocycles. The number of nitrogens with one attached hydrogen (secondary N) is 1. The van der Waals surface area contributed by atoms with E-state index >= 15 is 0 Å². The van der Waals surface area contributed by atoms with E-state index in [4.69, 9.17) is 5.73 Å². The molecular formula is C10H14N6O3. The maximum absolute atomic E-state index is 11.8. The van der Waals surface area contributed by atoms with Crippen molar-refractivity contribution in [2.24, 2.45) is 0 Å². The summed E-state index contributed by atoms with van der Waals surface area (Å²) in [4.78, 5) is 31.4. The minimum Gasteiger partial charge on any atom is -0.368 e. The SMILES string of the molecule is CCC1C(=O)NCCN1c1nc(N)ncc1[N+](=O)[O-]. The third kappa shape index (κ3) is 2.39. The molecule has 1 aromatic rings. The van der Waals surface area contributed by atoms with Crippen LogP contribution in [-0.2, 0) is 4.79 Å². The van der Waals surface area contributed by atoms with Gasteiger partial charge in [0, 0.05) is 13.1 Å². The number of carbonyl (C=O) groups is 1. The van der Waals surface area contributed by atoms with Gasteiger partial charge in [-0.25, -0.2) is 4.98 Å². The van der Waals surface area contributed by atoms with E-state index in [1.807, 2.05) is 6.92 Å². The first-order valence-electron chi connectivity index (χ1n) is 5.85. The Morgan fingerprint density at radius 1 is 1.68 bits per heavy atom. The molecule has 19 heavy (non-hydrogen) atoms. The molecule has 9 nitrogen and oxygen atoms in total. The van der Waals surface area contributed by atoms with Gasteiger partial charge in [-0.1, -0.05) is 6.92 Å². The van der Waals surface area contributed by atoms with Crippen LogP contribution in [0.4, 0.5) is 17.5 Å². The summed E-state index contributed by atoms with van der Waals surface area (Å²) in [6.45, 7) is 2.69. The maximum Gasteiger partial charge on any atom is 0.329 e. The first-order valence-corrected chi connectivity index (χ1v) is 5.85. The summed E-state index contributed by atoms with van der Waals surface area (Å²) in [5, 5.41) is 13.7. The van der Waals surface area contributed by atoms with Gasteiger partial charge in [-0.05, 0) is 6.42 Å². The van der Waals surface area contributed by atoms with Crippen LogP contribution in [0.1, 0.15) is 13.3 Å². The van der Waals surface area contributed by atoms with Gasteiger partial charge in [-0.15, -0.1) is 0 Å². The number of carbonyl (C=O) groups excluding carboxylic acids is 1. The molecule has 0 aliphatic carbocycles. The normalized spacial score (nSPS) is 19.1. The Balaban J connectivity index is 2.46. The highest BCUT2D eigenvalue weighted by Gasteiger charge is 2.33. The van der Waals surface area contributed by atoms with E-state index in [0.29, 0.717) is 19.5 Å². The van der Waals surface area contributed by atoms with Gasteiger partial charge in [-0.3, -0.25) is 14.9 Å². The fourth-order valence-electron chi connectivity index (χ4n) is 2.09. The van der Waals surface area contributed by atoms with E-state index in [1.54, 1.807) is 4.90 Å². The molecule has 0 bridgehead atoms. The van der Waals surface area contributed by atoms with Gasteiger partial charge >= 0.3 is 5.69 Å². The molecule has 3 N–H and O–H groups in total. The lowest BCUT2D eigenvalue weighted by Gasteiger charge is -2.34. The monoisotopic (exact) mass is 266 g/mol. The number of nitrogens with two attached hydrogens (primary N) is 1. The fourth-order valence-corrected chi connectivity index (χ4v) is 2.09. The molecule has 1 aliphatic rings. The third-order valence-electron chi connectivity index (χ3n) is 2.95. The zero-order chi connectivity index (χ0) is 14.0. The molecule has 102 valence electrons. The Labute approximate surface area is 109 Å². The predicted octanol–water partition coefficient (Wildman–Crippen LogP) is -0.318. The van der Waals surface area contributed by atoms with E-state index in [1.165, 1.54) is 0 Å². The number of amides is 1. The standard InChI is InChI=1S/C10H14N6O3/c1-2-6-9(17)12-3-4-15(6)8-7(16(18)19)5-13-10(11)14-8/h5-6H,2-4H2,1H3,(H,12,17)(H2,11,13,14). The van der Waals surface area contributed by atoms with Gasteiger partial charge in [0.2, 0.25) is 17.7 Å². The molecule has 1 amide bonds. The molecule has 0 radical (unpaired) electrons. The Bertz CT molecular complexity index is 520. The lowest BCUT2D eigenvalue weighted by molar-refractivity contribution is -0.384. The molecule has 1 saturated heterocycles. The van der Waals surface area contributed by atoms with Crippen LogP contribution in [0.5, 0.6) is 0 Å². The number of nitrogens with zero attached hydrogens (tertiary/aromatic N) is 4. The number of anilines is 2. The summed E-state index contributed by atoms with van der Waals surface area (Å²) >= 11 is 0. The van der Waals surface area contributed by atoms with E-state index in [9.17, 15) is 14.9 Å². The number of hydrogen-bond acceptors (Lipinski definition) is 7. The number of rotatable bonds is 3. The zero-order valence-electron chi connectivity index (χ0n) is 10.4. The number of nitrogen functional groups attached to an aromatic ring is 1. The summed E-state index contributed by atoms with van der Waals surface area (Å²) in [7, 11) is 0. The average Bonchev–Trinajstić information content (AvgIpc) is 2.37. The molecule has 1 unspecified atom stereocenters. The molecule has 0 saturated carbocycles. The molecule has 9 heteroatoms. The van der Waals surface area contributed by atoms with Crippen molar-refractivity contribution < 1.29 is 9.72 Å². The minimum atomic E-state index is -0.575. The van der Waals surface area contributed by atoms with E-state index < -0.39 is 11.0 Å². The molecule has 1 fully saturated rings. The van der Waals surface area contributed by atoms with Crippen LogP contribution in [0.25, 0.3) is 0 Å². The second-order valence-corrected chi connectivity index (χ2v) is 4.10. The van der Waals surface area contributed by atoms with Crippen molar-refractivity contribution in [3.63, 3.8) is 0 Å². The van der Waals surface area contributed by atoms with Gasteiger partial charge in [-0.2, -0.15) is 4.98 Å². The third-order valence-corrected chi connectivity index (χ3v) is 2.95. The highest BCUT2D eigenvalue weighted by atomic mass is 16.6. The first-order chi connectivity index (χ1) is 9.04. The van der Waals surface area contributed by atoms with Gasteiger partial charge in [0.15, 0.2) is 0 Å². The second kappa shape index (κ2) is 5.04. The van der Waals surface area contributed by atoms with Gasteiger partial charge in [0.1, 0.15) is 12.2 Å². The van der Waals surface area contributed by atoms with Crippen molar-refractivity contribution in [1.82, 2.24) is 15.3 Å². The van der Waals surface area contributed by atoms with E-state index in [0.717, 1.165) is 6.20 Å². The summed E-state index contributed by atoms with van der Waals surface area (Å²) < 4.78 is 0. The lowest BCUT2D eigenvalue weighted by atomic mass is 10.1. The number of hydrogen-bond donors (Lipinski definition) is 2. The molecule has 0 aromatic carbocycles. The van der Waals surface area contributed by atoms with Crippen LogP contribution in [0.2, 0.25) is 0 Å². The molecule has 2 heterocycles. The van der Waals surface area contributed by atoms with Gasteiger partial charge < -0.3 is 16.0 Å². The van der Waals surface area contributed by atoms with Crippen molar-refractivity contribution in [3.8, 4) is 0 Å². The van der Waals surface area contributed by atoms with E-state index in [2.05, 4.69) is 15.3 Å². The van der Waals surface area contributed by atoms with Gasteiger partial charge in [0.05, 0.1) is 4.92 Å². The lowest BCUT2D eigenvalue weighted by Crippen LogP contribution is -2.55. The average molecular weight is 266 g/mol. The topological polar surface area (TPSA) is 127 Å². The minimum absolute atomic E-state index is 0.0542. The van der Waals surface area contributed by atoms with Crippen molar-refractivity contribution in [2.75, 3.05) is 23.7 Å². The molecule has 1 atom stereocenters. The van der Waals surface area contributed by atoms with Crippen LogP contribution in [0.3, 0.4) is 0 Å². The highest BCUT2D eigenvalue weighted by molar-refractivity contribution is 5.87.